The molecule has 2 rings (SSSR count). The first-order valence-corrected chi connectivity index (χ1v) is 7.23. The van der Waals surface area contributed by atoms with E-state index in [2.05, 4.69) is 29.4 Å². The maximum Gasteiger partial charge on any atom is 0.127 e. The number of benzene rings is 1. The Morgan fingerprint density at radius 2 is 2.15 bits per heavy atom. The zero-order valence-electron chi connectivity index (χ0n) is 12.3. The third kappa shape index (κ3) is 2.85. The number of para-hydroxylation sites is 2. The third-order valence-corrected chi connectivity index (χ3v) is 3.75. The van der Waals surface area contributed by atoms with Crippen LogP contribution in [0.3, 0.4) is 0 Å². The molecular weight excluding hydrogens is 252 g/mol. The SMILES string of the molecule is CCN(CCO)C(C)c1nc2ccccc2n1CCN. The lowest BCUT2D eigenvalue weighted by Crippen LogP contribution is -2.31. The molecule has 1 aromatic heterocycles. The summed E-state index contributed by atoms with van der Waals surface area (Å²) in [7, 11) is 0. The third-order valence-electron chi connectivity index (χ3n) is 3.75. The normalized spacial score (nSPS) is 13.2. The molecule has 1 aromatic carbocycles. The van der Waals surface area contributed by atoms with E-state index in [-0.39, 0.29) is 12.6 Å². The summed E-state index contributed by atoms with van der Waals surface area (Å²) < 4.78 is 2.19. The van der Waals surface area contributed by atoms with Crippen molar-refractivity contribution in [3.05, 3.63) is 30.1 Å². The number of aliphatic hydroxyl groups is 1. The van der Waals surface area contributed by atoms with Gasteiger partial charge in [-0.05, 0) is 25.6 Å². The largest absolute Gasteiger partial charge is 0.395 e. The number of fused-ring (bicyclic) bond motifs is 1. The summed E-state index contributed by atoms with van der Waals surface area (Å²) in [6.45, 7) is 7.28. The standard InChI is InChI=1S/C15H24N4O/c1-3-18(10-11-20)12(2)15-17-13-6-4-5-7-14(13)19(15)9-8-16/h4-7,12,20H,3,8-11,16H2,1-2H3. The minimum Gasteiger partial charge on any atom is -0.395 e. The average Bonchev–Trinajstić information content (AvgIpc) is 2.83. The summed E-state index contributed by atoms with van der Waals surface area (Å²) in [5, 5.41) is 9.19. The maximum absolute atomic E-state index is 9.19. The van der Waals surface area contributed by atoms with E-state index < -0.39 is 0 Å². The van der Waals surface area contributed by atoms with Crippen LogP contribution in [0.25, 0.3) is 11.0 Å². The van der Waals surface area contributed by atoms with Crippen LogP contribution in [0.4, 0.5) is 0 Å². The fourth-order valence-corrected chi connectivity index (χ4v) is 2.69. The second-order valence-electron chi connectivity index (χ2n) is 4.93. The van der Waals surface area contributed by atoms with Gasteiger partial charge >= 0.3 is 0 Å². The molecule has 1 atom stereocenters. The Kier molecular flexibility index (Phi) is 5.11. The van der Waals surface area contributed by atoms with Gasteiger partial charge in [0.1, 0.15) is 5.82 Å². The molecule has 0 radical (unpaired) electrons. The van der Waals surface area contributed by atoms with Crippen molar-refractivity contribution in [2.24, 2.45) is 5.73 Å². The Balaban J connectivity index is 2.43. The number of likely N-dealkylation sites (N-methyl/N-ethyl adjacent to an activating group) is 1. The minimum absolute atomic E-state index is 0.158. The number of imidazole rings is 1. The van der Waals surface area contributed by atoms with Crippen LogP contribution in [0.1, 0.15) is 25.7 Å². The molecular formula is C15H24N4O. The van der Waals surface area contributed by atoms with Crippen molar-refractivity contribution >= 4 is 11.0 Å². The molecule has 0 amide bonds. The Morgan fingerprint density at radius 3 is 2.80 bits per heavy atom. The smallest absolute Gasteiger partial charge is 0.127 e. The molecule has 110 valence electrons. The Hall–Kier alpha value is -1.43. The molecule has 0 saturated heterocycles. The van der Waals surface area contributed by atoms with Crippen molar-refractivity contribution in [1.82, 2.24) is 14.5 Å². The fourth-order valence-electron chi connectivity index (χ4n) is 2.69. The van der Waals surface area contributed by atoms with E-state index in [1.807, 2.05) is 18.2 Å². The highest BCUT2D eigenvalue weighted by molar-refractivity contribution is 5.76. The van der Waals surface area contributed by atoms with E-state index in [9.17, 15) is 5.11 Å². The number of hydrogen-bond acceptors (Lipinski definition) is 4. The van der Waals surface area contributed by atoms with Gasteiger partial charge in [0, 0.05) is 19.6 Å². The van der Waals surface area contributed by atoms with Gasteiger partial charge in [-0.25, -0.2) is 4.98 Å². The number of rotatable bonds is 7. The Morgan fingerprint density at radius 1 is 1.40 bits per heavy atom. The molecule has 0 aliphatic carbocycles. The van der Waals surface area contributed by atoms with E-state index in [4.69, 9.17) is 10.7 Å². The number of hydrogen-bond donors (Lipinski definition) is 2. The second kappa shape index (κ2) is 6.83. The highest BCUT2D eigenvalue weighted by atomic mass is 16.3. The van der Waals surface area contributed by atoms with Gasteiger partial charge in [-0.1, -0.05) is 19.1 Å². The van der Waals surface area contributed by atoms with Gasteiger partial charge in [0.2, 0.25) is 0 Å². The topological polar surface area (TPSA) is 67.3 Å². The van der Waals surface area contributed by atoms with Crippen molar-refractivity contribution in [1.29, 1.82) is 0 Å². The summed E-state index contributed by atoms with van der Waals surface area (Å²) in [6, 6.07) is 8.29. The van der Waals surface area contributed by atoms with E-state index in [0.717, 1.165) is 29.9 Å². The number of aromatic nitrogens is 2. The summed E-state index contributed by atoms with van der Waals surface area (Å²) in [6.07, 6.45) is 0. The van der Waals surface area contributed by atoms with Crippen LogP contribution >= 0.6 is 0 Å². The first kappa shape index (κ1) is 15.0. The summed E-state index contributed by atoms with van der Waals surface area (Å²) in [5.74, 6) is 1.02. The molecule has 5 heteroatoms. The monoisotopic (exact) mass is 276 g/mol. The maximum atomic E-state index is 9.19. The fraction of sp³-hybridized carbons (Fsp3) is 0.533. The summed E-state index contributed by atoms with van der Waals surface area (Å²) in [4.78, 5) is 6.98. The highest BCUT2D eigenvalue weighted by Gasteiger charge is 2.20. The zero-order valence-corrected chi connectivity index (χ0v) is 12.3. The molecule has 0 fully saturated rings. The van der Waals surface area contributed by atoms with E-state index in [1.54, 1.807) is 0 Å². The van der Waals surface area contributed by atoms with Crippen LogP contribution in [-0.2, 0) is 6.54 Å². The lowest BCUT2D eigenvalue weighted by Gasteiger charge is -2.27. The van der Waals surface area contributed by atoms with Gasteiger partial charge in [0.25, 0.3) is 0 Å². The summed E-state index contributed by atoms with van der Waals surface area (Å²) >= 11 is 0. The van der Waals surface area contributed by atoms with Gasteiger partial charge in [-0.15, -0.1) is 0 Å². The van der Waals surface area contributed by atoms with Crippen LogP contribution < -0.4 is 5.73 Å². The van der Waals surface area contributed by atoms with Crippen LogP contribution in [-0.4, -0.2) is 45.8 Å². The Bertz CT molecular complexity index is 552. The molecule has 0 aliphatic heterocycles. The predicted molar refractivity (Wildman–Crippen MR) is 81.5 cm³/mol. The van der Waals surface area contributed by atoms with Gasteiger partial charge in [0.05, 0.1) is 23.7 Å². The molecule has 2 aromatic rings. The molecule has 5 nitrogen and oxygen atoms in total. The van der Waals surface area contributed by atoms with Gasteiger partial charge in [0.15, 0.2) is 0 Å². The average molecular weight is 276 g/mol. The van der Waals surface area contributed by atoms with Crippen LogP contribution in [0.15, 0.2) is 24.3 Å². The van der Waals surface area contributed by atoms with Crippen molar-refractivity contribution in [2.75, 3.05) is 26.2 Å². The van der Waals surface area contributed by atoms with Crippen LogP contribution in [0, 0.1) is 0 Å². The second-order valence-corrected chi connectivity index (χ2v) is 4.93. The predicted octanol–water partition coefficient (Wildman–Crippen LogP) is 1.37. The van der Waals surface area contributed by atoms with Crippen LogP contribution in [0.5, 0.6) is 0 Å². The lowest BCUT2D eigenvalue weighted by atomic mass is 10.2. The lowest BCUT2D eigenvalue weighted by molar-refractivity contribution is 0.159. The minimum atomic E-state index is 0.158. The molecule has 3 N–H and O–H groups in total. The van der Waals surface area contributed by atoms with Crippen molar-refractivity contribution < 1.29 is 5.11 Å². The molecule has 0 aliphatic rings. The molecule has 0 spiro atoms. The van der Waals surface area contributed by atoms with E-state index >= 15 is 0 Å². The van der Waals surface area contributed by atoms with Gasteiger partial charge < -0.3 is 15.4 Å². The van der Waals surface area contributed by atoms with E-state index in [1.165, 1.54) is 0 Å². The van der Waals surface area contributed by atoms with Crippen molar-refractivity contribution in [3.63, 3.8) is 0 Å². The molecule has 1 unspecified atom stereocenters. The molecule has 1 heterocycles. The number of nitrogens with two attached hydrogens (primary N) is 1. The first-order chi connectivity index (χ1) is 9.72. The summed E-state index contributed by atoms with van der Waals surface area (Å²) in [5.41, 5.74) is 7.87. The van der Waals surface area contributed by atoms with E-state index in [0.29, 0.717) is 13.1 Å². The molecule has 0 bridgehead atoms. The van der Waals surface area contributed by atoms with Crippen LogP contribution in [0.2, 0.25) is 0 Å². The number of nitrogens with zero attached hydrogens (tertiary/aromatic N) is 3. The number of aliphatic hydroxyl groups excluding tert-OH is 1. The zero-order chi connectivity index (χ0) is 14.5. The molecule has 20 heavy (non-hydrogen) atoms. The van der Waals surface area contributed by atoms with Gasteiger partial charge in [-0.2, -0.15) is 0 Å². The first-order valence-electron chi connectivity index (χ1n) is 7.23. The van der Waals surface area contributed by atoms with Gasteiger partial charge in [-0.3, -0.25) is 4.90 Å². The quantitative estimate of drug-likeness (QED) is 0.801. The Labute approximate surface area is 120 Å². The van der Waals surface area contributed by atoms with Crippen molar-refractivity contribution in [3.8, 4) is 0 Å². The van der Waals surface area contributed by atoms with Crippen molar-refractivity contribution in [2.45, 2.75) is 26.4 Å². The highest BCUT2D eigenvalue weighted by Crippen LogP contribution is 2.24. The molecule has 0 saturated carbocycles.